The second-order valence-corrected chi connectivity index (χ2v) is 6.65. The van der Waals surface area contributed by atoms with E-state index in [1.807, 2.05) is 13.8 Å². The zero-order valence-electron chi connectivity index (χ0n) is 17.6. The van der Waals surface area contributed by atoms with E-state index in [9.17, 15) is 0 Å². The fourth-order valence-corrected chi connectivity index (χ4v) is 2.99. The molecule has 0 saturated carbocycles. The Bertz CT molecular complexity index is 739. The van der Waals surface area contributed by atoms with E-state index in [-0.39, 0.29) is 24.0 Å². The topological polar surface area (TPSA) is 71.7 Å². The van der Waals surface area contributed by atoms with Gasteiger partial charge >= 0.3 is 0 Å². The molecule has 28 heavy (non-hydrogen) atoms. The van der Waals surface area contributed by atoms with Crippen molar-refractivity contribution in [3.63, 3.8) is 0 Å². The van der Waals surface area contributed by atoms with Crippen LogP contribution < -0.4 is 15.4 Å². The summed E-state index contributed by atoms with van der Waals surface area (Å²) < 4.78 is 10.6. The lowest BCUT2D eigenvalue weighted by Crippen LogP contribution is -2.38. The summed E-state index contributed by atoms with van der Waals surface area (Å²) in [5.74, 6) is 2.71. The Morgan fingerprint density at radius 1 is 1.18 bits per heavy atom. The maximum Gasteiger partial charge on any atom is 0.191 e. The van der Waals surface area contributed by atoms with Gasteiger partial charge in [-0.15, -0.1) is 24.0 Å². The Kier molecular flexibility index (Phi) is 11.0. The van der Waals surface area contributed by atoms with Crippen molar-refractivity contribution in [2.24, 2.45) is 4.99 Å². The van der Waals surface area contributed by atoms with Gasteiger partial charge in [0.05, 0.1) is 12.8 Å². The van der Waals surface area contributed by atoms with Gasteiger partial charge in [0.2, 0.25) is 0 Å². The third-order valence-electron chi connectivity index (χ3n) is 4.56. The first-order valence-corrected chi connectivity index (χ1v) is 9.62. The van der Waals surface area contributed by atoms with Crippen molar-refractivity contribution < 1.29 is 9.26 Å². The number of aryl methyl sites for hydroxylation is 3. The predicted molar refractivity (Wildman–Crippen MR) is 125 cm³/mol. The zero-order valence-corrected chi connectivity index (χ0v) is 19.9. The molecule has 7 heteroatoms. The smallest absolute Gasteiger partial charge is 0.191 e. The van der Waals surface area contributed by atoms with Gasteiger partial charge < -0.3 is 19.9 Å². The molecule has 0 amide bonds. The number of nitrogens with zero attached hydrogens (tertiary/aromatic N) is 2. The van der Waals surface area contributed by atoms with E-state index >= 15 is 0 Å². The standard InChI is InChI=1S/C21H32N4O2.HI/c1-6-22-21(23-12-7-8-19-16(3)25-27-17(19)4)24-13-11-18-10-9-15(2)20(14-18)26-5;/h9-10,14H,6-8,11-13H2,1-5H3,(H2,22,23,24);1H. The molecule has 0 saturated heterocycles. The predicted octanol–water partition coefficient (Wildman–Crippen LogP) is 3.96. The largest absolute Gasteiger partial charge is 0.496 e. The molecule has 2 aromatic rings. The van der Waals surface area contributed by atoms with Crippen molar-refractivity contribution in [3.05, 3.63) is 46.3 Å². The van der Waals surface area contributed by atoms with Gasteiger partial charge in [-0.2, -0.15) is 0 Å². The number of guanidine groups is 1. The van der Waals surface area contributed by atoms with Gasteiger partial charge in [0.1, 0.15) is 11.5 Å². The number of aromatic nitrogens is 1. The highest BCUT2D eigenvalue weighted by Crippen LogP contribution is 2.19. The molecule has 0 aliphatic heterocycles. The zero-order chi connectivity index (χ0) is 19.6. The lowest BCUT2D eigenvalue weighted by atomic mass is 10.1. The van der Waals surface area contributed by atoms with Crippen LogP contribution in [-0.2, 0) is 12.8 Å². The molecule has 0 atom stereocenters. The normalized spacial score (nSPS) is 11.1. The summed E-state index contributed by atoms with van der Waals surface area (Å²) in [6, 6.07) is 6.35. The van der Waals surface area contributed by atoms with E-state index in [4.69, 9.17) is 9.26 Å². The van der Waals surface area contributed by atoms with Crippen molar-refractivity contribution in [3.8, 4) is 5.75 Å². The van der Waals surface area contributed by atoms with Crippen LogP contribution >= 0.6 is 24.0 Å². The number of hydrogen-bond acceptors (Lipinski definition) is 4. The van der Waals surface area contributed by atoms with E-state index < -0.39 is 0 Å². The Balaban J connectivity index is 0.00000392. The van der Waals surface area contributed by atoms with Crippen LogP contribution in [-0.4, -0.2) is 37.9 Å². The van der Waals surface area contributed by atoms with E-state index in [0.717, 1.165) is 67.6 Å². The van der Waals surface area contributed by atoms with Crippen LogP contribution in [0.15, 0.2) is 27.7 Å². The molecule has 156 valence electrons. The lowest BCUT2D eigenvalue weighted by Gasteiger charge is -2.12. The van der Waals surface area contributed by atoms with Gasteiger partial charge in [-0.1, -0.05) is 17.3 Å². The first-order chi connectivity index (χ1) is 13.0. The van der Waals surface area contributed by atoms with Crippen LogP contribution in [0.25, 0.3) is 0 Å². The summed E-state index contributed by atoms with van der Waals surface area (Å²) in [6.45, 7) is 10.5. The van der Waals surface area contributed by atoms with Gasteiger partial charge in [-0.05, 0) is 64.2 Å². The van der Waals surface area contributed by atoms with E-state index in [1.165, 1.54) is 11.1 Å². The minimum atomic E-state index is 0. The molecular weight excluding hydrogens is 467 g/mol. The average Bonchev–Trinajstić information content (AvgIpc) is 2.98. The minimum Gasteiger partial charge on any atom is -0.496 e. The third kappa shape index (κ3) is 7.33. The van der Waals surface area contributed by atoms with Crippen LogP contribution in [0.2, 0.25) is 0 Å². The second kappa shape index (κ2) is 12.6. The van der Waals surface area contributed by atoms with Crippen LogP contribution in [0.1, 0.15) is 41.5 Å². The van der Waals surface area contributed by atoms with Crippen molar-refractivity contribution in [2.45, 2.75) is 47.0 Å². The molecule has 1 heterocycles. The number of nitrogens with one attached hydrogen (secondary N) is 2. The molecule has 0 fully saturated rings. The summed E-state index contributed by atoms with van der Waals surface area (Å²) in [5, 5.41) is 10.7. The fourth-order valence-electron chi connectivity index (χ4n) is 2.99. The summed E-state index contributed by atoms with van der Waals surface area (Å²) in [6.07, 6.45) is 2.82. The molecular formula is C21H33IN4O2. The van der Waals surface area contributed by atoms with Crippen LogP contribution in [0.4, 0.5) is 0 Å². The second-order valence-electron chi connectivity index (χ2n) is 6.65. The first kappa shape index (κ1) is 24.3. The molecule has 1 aromatic carbocycles. The number of ether oxygens (including phenoxy) is 1. The quantitative estimate of drug-likeness (QED) is 0.236. The number of halogens is 1. The fraction of sp³-hybridized carbons (Fsp3) is 0.524. The van der Waals surface area contributed by atoms with Crippen molar-refractivity contribution in [1.82, 2.24) is 15.8 Å². The van der Waals surface area contributed by atoms with E-state index in [2.05, 4.69) is 52.8 Å². The maximum absolute atomic E-state index is 5.40. The molecule has 0 radical (unpaired) electrons. The average molecular weight is 500 g/mol. The monoisotopic (exact) mass is 500 g/mol. The van der Waals surface area contributed by atoms with Gasteiger partial charge in [-0.3, -0.25) is 4.99 Å². The summed E-state index contributed by atoms with van der Waals surface area (Å²) >= 11 is 0. The number of aliphatic imine (C=N–C) groups is 1. The van der Waals surface area contributed by atoms with Crippen molar-refractivity contribution in [2.75, 3.05) is 26.7 Å². The molecule has 2 rings (SSSR count). The Morgan fingerprint density at radius 3 is 2.61 bits per heavy atom. The Morgan fingerprint density at radius 2 is 1.96 bits per heavy atom. The van der Waals surface area contributed by atoms with Crippen LogP contribution in [0, 0.1) is 20.8 Å². The van der Waals surface area contributed by atoms with Crippen LogP contribution in [0.5, 0.6) is 5.75 Å². The molecule has 0 spiro atoms. The van der Waals surface area contributed by atoms with E-state index in [1.54, 1.807) is 7.11 Å². The number of rotatable bonds is 9. The highest BCUT2D eigenvalue weighted by molar-refractivity contribution is 14.0. The van der Waals surface area contributed by atoms with Crippen LogP contribution in [0.3, 0.4) is 0 Å². The number of benzene rings is 1. The summed E-state index contributed by atoms with van der Waals surface area (Å²) in [7, 11) is 1.71. The minimum absolute atomic E-state index is 0. The van der Waals surface area contributed by atoms with Gasteiger partial charge in [-0.25, -0.2) is 0 Å². The van der Waals surface area contributed by atoms with E-state index in [0.29, 0.717) is 0 Å². The molecule has 0 unspecified atom stereocenters. The number of methoxy groups -OCH3 is 1. The lowest BCUT2D eigenvalue weighted by molar-refractivity contribution is 0.392. The maximum atomic E-state index is 5.40. The molecule has 1 aromatic heterocycles. The highest BCUT2D eigenvalue weighted by Gasteiger charge is 2.08. The highest BCUT2D eigenvalue weighted by atomic mass is 127. The summed E-state index contributed by atoms with van der Waals surface area (Å²) in [5.41, 5.74) is 4.59. The number of hydrogen-bond donors (Lipinski definition) is 2. The first-order valence-electron chi connectivity index (χ1n) is 9.62. The Hall–Kier alpha value is -1.77. The molecule has 0 aliphatic rings. The SMILES string of the molecule is CCNC(=NCCCc1c(C)noc1C)NCCc1ccc(C)c(OC)c1.I. The van der Waals surface area contributed by atoms with Crippen molar-refractivity contribution >= 4 is 29.9 Å². The van der Waals surface area contributed by atoms with Crippen molar-refractivity contribution in [1.29, 1.82) is 0 Å². The van der Waals surface area contributed by atoms with Gasteiger partial charge in [0, 0.05) is 25.2 Å². The molecule has 0 aliphatic carbocycles. The molecule has 6 nitrogen and oxygen atoms in total. The summed E-state index contributed by atoms with van der Waals surface area (Å²) in [4.78, 5) is 4.67. The van der Waals surface area contributed by atoms with Gasteiger partial charge in [0.15, 0.2) is 5.96 Å². The third-order valence-corrected chi connectivity index (χ3v) is 4.56. The molecule has 0 bridgehead atoms. The molecule has 2 N–H and O–H groups in total. The Labute approximate surface area is 185 Å². The van der Waals surface area contributed by atoms with Gasteiger partial charge in [0.25, 0.3) is 0 Å².